The van der Waals surface area contributed by atoms with Crippen LogP contribution in [0.1, 0.15) is 58.9 Å². The van der Waals surface area contributed by atoms with Crippen LogP contribution in [0.5, 0.6) is 0 Å². The van der Waals surface area contributed by atoms with Gasteiger partial charge in [-0.25, -0.2) is 36.9 Å². The van der Waals surface area contributed by atoms with Crippen LogP contribution in [-0.2, 0) is 38.4 Å². The lowest BCUT2D eigenvalue weighted by atomic mass is 9.93. The van der Waals surface area contributed by atoms with E-state index in [4.69, 9.17) is 18.9 Å². The van der Waals surface area contributed by atoms with Gasteiger partial charge in [0.1, 0.15) is 33.4 Å². The number of cyclic esters (lactones) is 1. The Hall–Kier alpha value is -3.95. The SMILES string of the molecule is CC(=O)N(C[C@H]1CN(c2ccc(C3CCS(=O)(=O)CC3)c(F)c2)C(=O)O1)C(=O)OCOC(=O)[C@H](C)NC(=O)OC(C)(C)C. The molecule has 2 fully saturated rings. The summed E-state index contributed by atoms with van der Waals surface area (Å²) >= 11 is 0. The highest BCUT2D eigenvalue weighted by Crippen LogP contribution is 2.33. The van der Waals surface area contributed by atoms with Crippen molar-refractivity contribution in [2.75, 3.05) is 36.3 Å². The number of esters is 1. The molecular weight excluding hydrogens is 593 g/mol. The minimum absolute atomic E-state index is 0.0130. The van der Waals surface area contributed by atoms with Gasteiger partial charge in [-0.2, -0.15) is 0 Å². The maximum absolute atomic E-state index is 15.0. The van der Waals surface area contributed by atoms with Crippen LogP contribution in [-0.4, -0.2) is 92.6 Å². The van der Waals surface area contributed by atoms with E-state index in [1.54, 1.807) is 20.8 Å². The molecule has 1 aromatic rings. The number of anilines is 1. The van der Waals surface area contributed by atoms with Gasteiger partial charge in [0.05, 0.1) is 30.3 Å². The highest BCUT2D eigenvalue weighted by molar-refractivity contribution is 7.91. The second-order valence-electron chi connectivity index (χ2n) is 11.2. The van der Waals surface area contributed by atoms with Gasteiger partial charge in [-0.1, -0.05) is 6.07 Å². The molecule has 3 rings (SSSR count). The highest BCUT2D eigenvalue weighted by Gasteiger charge is 2.37. The lowest BCUT2D eigenvalue weighted by Crippen LogP contribution is -2.44. The Kier molecular flexibility index (Phi) is 10.6. The summed E-state index contributed by atoms with van der Waals surface area (Å²) in [6.07, 6.45) is -3.20. The Labute approximate surface area is 248 Å². The molecule has 16 heteroatoms. The fourth-order valence-electron chi connectivity index (χ4n) is 4.46. The third kappa shape index (κ3) is 9.53. The Morgan fingerprint density at radius 3 is 2.40 bits per heavy atom. The molecule has 2 aliphatic rings. The predicted octanol–water partition coefficient (Wildman–Crippen LogP) is 2.84. The van der Waals surface area contributed by atoms with E-state index in [-0.39, 0.29) is 29.7 Å². The van der Waals surface area contributed by atoms with Crippen molar-refractivity contribution in [2.45, 2.75) is 71.1 Å². The summed E-state index contributed by atoms with van der Waals surface area (Å²) < 4.78 is 58.4. The average molecular weight is 630 g/mol. The first-order valence-electron chi connectivity index (χ1n) is 13.5. The van der Waals surface area contributed by atoms with Crippen LogP contribution in [0.4, 0.5) is 24.5 Å². The molecule has 2 atom stereocenters. The molecule has 238 valence electrons. The number of benzene rings is 1. The quantitative estimate of drug-likeness (QED) is 0.254. The van der Waals surface area contributed by atoms with E-state index in [0.29, 0.717) is 23.3 Å². The number of nitrogens with one attached hydrogen (secondary N) is 1. The number of alkyl carbamates (subject to hydrolysis) is 1. The number of ether oxygens (including phenoxy) is 4. The fourth-order valence-corrected chi connectivity index (χ4v) is 5.95. The van der Waals surface area contributed by atoms with Crippen molar-refractivity contribution in [1.82, 2.24) is 10.2 Å². The van der Waals surface area contributed by atoms with E-state index in [1.165, 1.54) is 19.1 Å². The number of sulfone groups is 1. The molecule has 1 N–H and O–H groups in total. The van der Waals surface area contributed by atoms with E-state index >= 15 is 0 Å². The fraction of sp³-hybridized carbons (Fsp3) is 0.593. The maximum Gasteiger partial charge on any atom is 0.419 e. The summed E-state index contributed by atoms with van der Waals surface area (Å²) in [4.78, 5) is 62.9. The van der Waals surface area contributed by atoms with Crippen LogP contribution in [0.25, 0.3) is 0 Å². The number of nitrogens with zero attached hydrogens (tertiary/aromatic N) is 2. The molecule has 2 heterocycles. The number of carbonyl (C=O) groups excluding carboxylic acids is 5. The first-order valence-corrected chi connectivity index (χ1v) is 15.4. The van der Waals surface area contributed by atoms with E-state index < -0.39 is 76.9 Å². The normalized spacial score (nSPS) is 19.2. The summed E-state index contributed by atoms with van der Waals surface area (Å²) in [7, 11) is -3.11. The summed E-state index contributed by atoms with van der Waals surface area (Å²) in [6, 6.07) is 3.07. The monoisotopic (exact) mass is 629 g/mol. The predicted molar refractivity (Wildman–Crippen MR) is 148 cm³/mol. The van der Waals surface area contributed by atoms with E-state index in [2.05, 4.69) is 5.32 Å². The van der Waals surface area contributed by atoms with Gasteiger partial charge in [0.25, 0.3) is 0 Å². The Bertz CT molecular complexity index is 1350. The highest BCUT2D eigenvalue weighted by atomic mass is 32.2. The molecule has 0 aromatic heterocycles. The van der Waals surface area contributed by atoms with Gasteiger partial charge in [0.15, 0.2) is 0 Å². The van der Waals surface area contributed by atoms with Crippen LogP contribution in [0.2, 0.25) is 0 Å². The minimum atomic E-state index is -3.11. The number of hydrogen-bond donors (Lipinski definition) is 1. The summed E-state index contributed by atoms with van der Waals surface area (Å²) in [6.45, 7) is 5.99. The van der Waals surface area contributed by atoms with Gasteiger partial charge < -0.3 is 24.3 Å². The zero-order valence-electron chi connectivity index (χ0n) is 24.6. The molecule has 4 amide bonds. The molecule has 0 unspecified atom stereocenters. The number of amides is 4. The van der Waals surface area contributed by atoms with Crippen molar-refractivity contribution < 1.29 is 55.7 Å². The van der Waals surface area contributed by atoms with Crippen LogP contribution >= 0.6 is 0 Å². The Balaban J connectivity index is 1.52. The number of carbonyl (C=O) groups is 5. The van der Waals surface area contributed by atoms with Crippen molar-refractivity contribution in [3.05, 3.63) is 29.6 Å². The molecule has 0 saturated carbocycles. The third-order valence-electron chi connectivity index (χ3n) is 6.62. The first kappa shape index (κ1) is 33.6. The molecule has 1 aromatic carbocycles. The molecule has 0 aliphatic carbocycles. The lowest BCUT2D eigenvalue weighted by Gasteiger charge is -2.23. The van der Waals surface area contributed by atoms with Gasteiger partial charge in [-0.3, -0.25) is 9.69 Å². The molecule has 0 radical (unpaired) electrons. The summed E-state index contributed by atoms with van der Waals surface area (Å²) in [5, 5.41) is 2.27. The Morgan fingerprint density at radius 2 is 1.81 bits per heavy atom. The van der Waals surface area contributed by atoms with E-state index in [1.807, 2.05) is 0 Å². The first-order chi connectivity index (χ1) is 20.0. The lowest BCUT2D eigenvalue weighted by molar-refractivity contribution is -0.154. The average Bonchev–Trinajstić information content (AvgIpc) is 3.26. The topological polar surface area (TPSA) is 175 Å². The molecule has 43 heavy (non-hydrogen) atoms. The summed E-state index contributed by atoms with van der Waals surface area (Å²) in [5.41, 5.74) is -0.229. The molecule has 14 nitrogen and oxygen atoms in total. The second kappa shape index (κ2) is 13.6. The largest absolute Gasteiger partial charge is 0.444 e. The van der Waals surface area contributed by atoms with Crippen molar-refractivity contribution in [3.8, 4) is 0 Å². The Morgan fingerprint density at radius 1 is 1.16 bits per heavy atom. The second-order valence-corrected chi connectivity index (χ2v) is 13.5. The van der Waals surface area contributed by atoms with Gasteiger partial charge in [0.2, 0.25) is 12.7 Å². The van der Waals surface area contributed by atoms with Gasteiger partial charge >= 0.3 is 24.2 Å². The standard InChI is InChI=1S/C27H36FN3O11S/c1-16(29-24(34)42-27(3,4)5)23(33)39-15-40-25(35)30(17(2)32)13-20-14-31(26(36)41-20)19-6-7-21(22(28)12-19)18-8-10-43(37,38)11-9-18/h6-7,12,16,18,20H,8-11,13-15H2,1-5H3,(H,29,34)/t16-,20-/m0/s1. The molecule has 0 spiro atoms. The van der Waals surface area contributed by atoms with E-state index in [9.17, 15) is 36.8 Å². The van der Waals surface area contributed by atoms with Crippen molar-refractivity contribution in [2.24, 2.45) is 0 Å². The van der Waals surface area contributed by atoms with Crippen LogP contribution in [0.3, 0.4) is 0 Å². The van der Waals surface area contributed by atoms with Crippen LogP contribution in [0.15, 0.2) is 18.2 Å². The zero-order valence-corrected chi connectivity index (χ0v) is 25.4. The number of halogens is 1. The number of hydrogen-bond acceptors (Lipinski definition) is 11. The minimum Gasteiger partial charge on any atom is -0.444 e. The third-order valence-corrected chi connectivity index (χ3v) is 8.34. The molecule has 2 saturated heterocycles. The zero-order chi connectivity index (χ0) is 32.1. The molecule has 2 aliphatic heterocycles. The van der Waals surface area contributed by atoms with Crippen molar-refractivity contribution in [1.29, 1.82) is 0 Å². The van der Waals surface area contributed by atoms with Crippen LogP contribution < -0.4 is 10.2 Å². The van der Waals surface area contributed by atoms with Crippen LogP contribution in [0, 0.1) is 5.82 Å². The van der Waals surface area contributed by atoms with Gasteiger partial charge in [0, 0.05) is 6.92 Å². The van der Waals surface area contributed by atoms with Crippen molar-refractivity contribution >= 4 is 45.7 Å². The van der Waals surface area contributed by atoms with Crippen molar-refractivity contribution in [3.63, 3.8) is 0 Å². The smallest absolute Gasteiger partial charge is 0.419 e. The molecular formula is C27H36FN3O11S. The summed E-state index contributed by atoms with van der Waals surface area (Å²) in [5.74, 6) is -2.54. The van der Waals surface area contributed by atoms with E-state index in [0.717, 1.165) is 17.9 Å². The van der Waals surface area contributed by atoms with Gasteiger partial charge in [-0.15, -0.1) is 0 Å². The molecule has 0 bridgehead atoms. The number of rotatable bonds is 8. The number of imide groups is 1. The maximum atomic E-state index is 15.0. The van der Waals surface area contributed by atoms with Gasteiger partial charge in [-0.05, 0) is 64.2 Å².